The van der Waals surface area contributed by atoms with E-state index >= 15 is 0 Å². The monoisotopic (exact) mass is 434 g/mol. The van der Waals surface area contributed by atoms with Crippen LogP contribution in [-0.2, 0) is 6.54 Å². The van der Waals surface area contributed by atoms with Crippen molar-refractivity contribution in [3.8, 4) is 5.69 Å². The molecule has 1 atom stereocenters. The van der Waals surface area contributed by atoms with E-state index in [4.69, 9.17) is 0 Å². The Bertz CT molecular complexity index is 1070. The molecule has 31 heavy (non-hydrogen) atoms. The van der Waals surface area contributed by atoms with Crippen molar-refractivity contribution in [2.45, 2.75) is 57.5 Å². The maximum Gasteiger partial charge on any atom is 0.196 e. The molecule has 0 radical (unpaired) electrons. The van der Waals surface area contributed by atoms with Gasteiger partial charge in [-0.2, -0.15) is 0 Å². The van der Waals surface area contributed by atoms with E-state index in [1.54, 1.807) is 0 Å². The lowest BCUT2D eigenvalue weighted by atomic mass is 9.97. The number of aromatic nitrogens is 3. The molecule has 2 heterocycles. The summed E-state index contributed by atoms with van der Waals surface area (Å²) in [5.74, 6) is 1.06. The number of carbonyl (C=O) groups is 1. The molecule has 1 aliphatic rings. The Kier molecular flexibility index (Phi) is 6.58. The summed E-state index contributed by atoms with van der Waals surface area (Å²) < 4.78 is 2.11. The Hall–Kier alpha value is -2.44. The first-order chi connectivity index (χ1) is 14.9. The Labute approximate surface area is 188 Å². The highest BCUT2D eigenvalue weighted by atomic mass is 32.2. The lowest BCUT2D eigenvalue weighted by molar-refractivity contribution is 0.0993. The van der Waals surface area contributed by atoms with E-state index in [0.717, 1.165) is 53.0 Å². The molecular weight excluding hydrogens is 404 g/mol. The summed E-state index contributed by atoms with van der Waals surface area (Å²) in [7, 11) is 0. The molecule has 1 saturated heterocycles. The average Bonchev–Trinajstić information content (AvgIpc) is 3.41. The standard InChI is InChI=1S/C25H30N4OS/c1-17-14-19(3)22(15-18(17)2)24(30)20(4)31-25-27-26-23(16-28-12-8-9-13-28)29(25)21-10-6-5-7-11-21/h5-7,10-11,14-15,20H,8-9,12-13,16H2,1-4H3. The second-order valence-electron chi connectivity index (χ2n) is 8.43. The number of aryl methyl sites for hydroxylation is 3. The summed E-state index contributed by atoms with van der Waals surface area (Å²) >= 11 is 1.49. The summed E-state index contributed by atoms with van der Waals surface area (Å²) in [4.78, 5) is 15.7. The average molecular weight is 435 g/mol. The molecule has 5 nitrogen and oxygen atoms in total. The highest BCUT2D eigenvalue weighted by molar-refractivity contribution is 8.00. The van der Waals surface area contributed by atoms with E-state index in [-0.39, 0.29) is 11.0 Å². The second-order valence-corrected chi connectivity index (χ2v) is 9.74. The molecule has 3 aromatic rings. The normalized spacial score (nSPS) is 15.4. The van der Waals surface area contributed by atoms with Crippen LogP contribution in [0.5, 0.6) is 0 Å². The topological polar surface area (TPSA) is 51.0 Å². The van der Waals surface area contributed by atoms with Crippen molar-refractivity contribution in [2.24, 2.45) is 0 Å². The quantitative estimate of drug-likeness (QED) is 0.380. The van der Waals surface area contributed by atoms with Crippen molar-refractivity contribution in [1.82, 2.24) is 19.7 Å². The highest BCUT2D eigenvalue weighted by Gasteiger charge is 2.24. The van der Waals surface area contributed by atoms with E-state index < -0.39 is 0 Å². The zero-order valence-electron chi connectivity index (χ0n) is 18.8. The number of benzene rings is 2. The number of thioether (sulfide) groups is 1. The van der Waals surface area contributed by atoms with Crippen molar-refractivity contribution in [1.29, 1.82) is 0 Å². The molecule has 0 aliphatic carbocycles. The zero-order chi connectivity index (χ0) is 22.0. The molecule has 1 fully saturated rings. The Morgan fingerprint density at radius 1 is 1.00 bits per heavy atom. The van der Waals surface area contributed by atoms with Crippen molar-refractivity contribution in [2.75, 3.05) is 13.1 Å². The summed E-state index contributed by atoms with van der Waals surface area (Å²) in [6.45, 7) is 11.1. The number of rotatable bonds is 7. The number of hydrogen-bond donors (Lipinski definition) is 0. The van der Waals surface area contributed by atoms with Gasteiger partial charge in [-0.1, -0.05) is 36.0 Å². The highest BCUT2D eigenvalue weighted by Crippen LogP contribution is 2.29. The third-order valence-electron chi connectivity index (χ3n) is 6.04. The van der Waals surface area contributed by atoms with Crippen LogP contribution in [0.2, 0.25) is 0 Å². The number of ketones is 1. The lowest BCUT2D eigenvalue weighted by Crippen LogP contribution is -2.21. The van der Waals surface area contributed by atoms with Crippen LogP contribution < -0.4 is 0 Å². The van der Waals surface area contributed by atoms with Gasteiger partial charge in [0.1, 0.15) is 0 Å². The zero-order valence-corrected chi connectivity index (χ0v) is 19.6. The van der Waals surface area contributed by atoms with E-state index in [1.807, 2.05) is 38.1 Å². The van der Waals surface area contributed by atoms with Crippen LogP contribution in [0.3, 0.4) is 0 Å². The van der Waals surface area contributed by atoms with Crippen molar-refractivity contribution < 1.29 is 4.79 Å². The first kappa shape index (κ1) is 21.8. The molecular formula is C25H30N4OS. The fourth-order valence-corrected chi connectivity index (χ4v) is 5.07. The molecule has 1 aliphatic heterocycles. The summed E-state index contributed by atoms with van der Waals surface area (Å²) in [6, 6.07) is 14.3. The van der Waals surface area contributed by atoms with Gasteiger partial charge >= 0.3 is 0 Å². The van der Waals surface area contributed by atoms with Crippen molar-refractivity contribution >= 4 is 17.5 Å². The smallest absolute Gasteiger partial charge is 0.196 e. The fraction of sp³-hybridized carbons (Fsp3) is 0.400. The molecule has 6 heteroatoms. The van der Waals surface area contributed by atoms with E-state index in [1.165, 1.54) is 30.2 Å². The summed E-state index contributed by atoms with van der Waals surface area (Å²) in [5.41, 5.74) is 5.22. The van der Waals surface area contributed by atoms with Gasteiger partial charge in [-0.25, -0.2) is 0 Å². The largest absolute Gasteiger partial charge is 0.296 e. The number of hydrogen-bond acceptors (Lipinski definition) is 5. The third kappa shape index (κ3) is 4.75. The van der Waals surface area contributed by atoms with Crippen LogP contribution in [0, 0.1) is 20.8 Å². The van der Waals surface area contributed by atoms with Gasteiger partial charge < -0.3 is 0 Å². The van der Waals surface area contributed by atoms with Gasteiger partial charge in [-0.05, 0) is 88.5 Å². The molecule has 1 unspecified atom stereocenters. The predicted molar refractivity (Wildman–Crippen MR) is 126 cm³/mol. The number of para-hydroxylation sites is 1. The molecule has 162 valence electrons. The Morgan fingerprint density at radius 3 is 2.39 bits per heavy atom. The maximum absolute atomic E-state index is 13.3. The molecule has 1 aromatic heterocycles. The third-order valence-corrected chi connectivity index (χ3v) is 7.08. The van der Waals surface area contributed by atoms with Crippen molar-refractivity contribution in [3.63, 3.8) is 0 Å². The minimum atomic E-state index is -0.257. The number of likely N-dealkylation sites (tertiary alicyclic amines) is 1. The van der Waals surface area contributed by atoms with Crippen LogP contribution in [0.4, 0.5) is 0 Å². The Morgan fingerprint density at radius 2 is 1.68 bits per heavy atom. The lowest BCUT2D eigenvalue weighted by Gasteiger charge is -2.17. The van der Waals surface area contributed by atoms with Crippen LogP contribution in [0.25, 0.3) is 5.69 Å². The summed E-state index contributed by atoms with van der Waals surface area (Å²) in [6.07, 6.45) is 2.48. The van der Waals surface area contributed by atoms with Crippen LogP contribution in [-0.4, -0.2) is 43.8 Å². The van der Waals surface area contributed by atoms with Gasteiger partial charge in [0.25, 0.3) is 0 Å². The van der Waals surface area contributed by atoms with Gasteiger partial charge in [-0.3, -0.25) is 14.3 Å². The summed E-state index contributed by atoms with van der Waals surface area (Å²) in [5, 5.41) is 9.53. The van der Waals surface area contributed by atoms with Crippen LogP contribution in [0.15, 0.2) is 47.6 Å². The van der Waals surface area contributed by atoms with Crippen LogP contribution in [0.1, 0.15) is 52.6 Å². The van der Waals surface area contributed by atoms with Crippen LogP contribution >= 0.6 is 11.8 Å². The molecule has 0 spiro atoms. The van der Waals surface area contributed by atoms with Gasteiger partial charge in [0, 0.05) is 11.3 Å². The van der Waals surface area contributed by atoms with E-state index in [2.05, 4.69) is 51.7 Å². The first-order valence-electron chi connectivity index (χ1n) is 10.9. The molecule has 2 aromatic carbocycles. The Balaban J connectivity index is 1.62. The minimum absolute atomic E-state index is 0.134. The first-order valence-corrected chi connectivity index (χ1v) is 11.8. The van der Waals surface area contributed by atoms with Gasteiger partial charge in [0.2, 0.25) is 0 Å². The van der Waals surface area contributed by atoms with E-state index in [9.17, 15) is 4.79 Å². The molecule has 4 rings (SSSR count). The SMILES string of the molecule is Cc1cc(C)c(C(=O)C(C)Sc2nnc(CN3CCCC3)n2-c2ccccc2)cc1C. The van der Waals surface area contributed by atoms with E-state index in [0.29, 0.717) is 0 Å². The number of carbonyl (C=O) groups excluding carboxylic acids is 1. The number of nitrogens with zero attached hydrogens (tertiary/aromatic N) is 4. The molecule has 0 N–H and O–H groups in total. The molecule has 0 bridgehead atoms. The minimum Gasteiger partial charge on any atom is -0.296 e. The molecule has 0 amide bonds. The van der Waals surface area contributed by atoms with Gasteiger partial charge in [-0.15, -0.1) is 10.2 Å². The second kappa shape index (κ2) is 9.37. The predicted octanol–water partition coefficient (Wildman–Crippen LogP) is 5.15. The van der Waals surface area contributed by atoms with Gasteiger partial charge in [0.05, 0.1) is 11.8 Å². The van der Waals surface area contributed by atoms with Gasteiger partial charge in [0.15, 0.2) is 16.8 Å². The molecule has 0 saturated carbocycles. The number of Topliss-reactive ketones (excluding diaryl/α,β-unsaturated/α-hetero) is 1. The fourth-order valence-electron chi connectivity index (χ4n) is 4.11. The maximum atomic E-state index is 13.3. The van der Waals surface area contributed by atoms with Crippen molar-refractivity contribution in [3.05, 3.63) is 70.5 Å².